The van der Waals surface area contributed by atoms with Crippen molar-refractivity contribution in [3.05, 3.63) is 77.6 Å². The van der Waals surface area contributed by atoms with Gasteiger partial charge in [0, 0.05) is 6.54 Å². The Labute approximate surface area is 173 Å². The Morgan fingerprint density at radius 1 is 1.13 bits per heavy atom. The Hall–Kier alpha value is -3.55. The third-order valence-electron chi connectivity index (χ3n) is 5.16. The summed E-state index contributed by atoms with van der Waals surface area (Å²) in [5.41, 5.74) is 3.09. The topological polar surface area (TPSA) is 77.6 Å². The molecule has 0 unspecified atom stereocenters. The maximum Gasteiger partial charge on any atom is 0.273 e. The summed E-state index contributed by atoms with van der Waals surface area (Å²) in [5, 5.41) is 11.0. The van der Waals surface area contributed by atoms with E-state index in [-0.39, 0.29) is 23.5 Å². The number of benzene rings is 2. The number of rotatable bonds is 7. The highest BCUT2D eigenvalue weighted by atomic mass is 19.1. The Morgan fingerprint density at radius 3 is 2.63 bits per heavy atom. The van der Waals surface area contributed by atoms with Gasteiger partial charge in [-0.25, -0.2) is 14.1 Å². The lowest BCUT2D eigenvalue weighted by molar-refractivity contribution is 0.0944. The lowest BCUT2D eigenvalue weighted by atomic mass is 10.0. The number of nitrogens with one attached hydrogen (secondary N) is 1. The average molecular weight is 406 g/mol. The molecule has 2 aromatic carbocycles. The van der Waals surface area contributed by atoms with E-state index in [2.05, 4.69) is 25.2 Å². The van der Waals surface area contributed by atoms with Crippen LogP contribution in [-0.4, -0.2) is 30.5 Å². The van der Waals surface area contributed by atoms with Gasteiger partial charge in [-0.05, 0) is 43.2 Å². The van der Waals surface area contributed by atoms with Crippen molar-refractivity contribution < 1.29 is 9.18 Å². The monoisotopic (exact) mass is 406 g/mol. The van der Waals surface area contributed by atoms with E-state index in [0.29, 0.717) is 6.54 Å². The van der Waals surface area contributed by atoms with Crippen LogP contribution in [0.1, 0.15) is 48.2 Å². The summed E-state index contributed by atoms with van der Waals surface area (Å²) in [6.45, 7) is 5.11. The van der Waals surface area contributed by atoms with E-state index < -0.39 is 0 Å². The Morgan fingerprint density at radius 2 is 1.90 bits per heavy atom. The zero-order chi connectivity index (χ0) is 21.1. The predicted octanol–water partition coefficient (Wildman–Crippen LogP) is 3.72. The molecule has 30 heavy (non-hydrogen) atoms. The first-order valence-corrected chi connectivity index (χ1v) is 10.00. The van der Waals surface area contributed by atoms with Crippen molar-refractivity contribution in [1.29, 1.82) is 0 Å². The fourth-order valence-corrected chi connectivity index (χ4v) is 3.66. The molecule has 0 saturated heterocycles. The van der Waals surface area contributed by atoms with Crippen LogP contribution in [0.2, 0.25) is 0 Å². The summed E-state index contributed by atoms with van der Waals surface area (Å²) < 4.78 is 16.9. The van der Waals surface area contributed by atoms with Crippen LogP contribution in [0.3, 0.4) is 0 Å². The molecule has 1 N–H and O–H groups in total. The second kappa shape index (κ2) is 8.44. The first-order valence-electron chi connectivity index (χ1n) is 10.00. The number of hydrogen-bond acceptors (Lipinski definition) is 4. The van der Waals surface area contributed by atoms with E-state index in [4.69, 9.17) is 0 Å². The molecule has 4 rings (SSSR count). The first-order chi connectivity index (χ1) is 14.6. The highest BCUT2D eigenvalue weighted by molar-refractivity contribution is 5.91. The number of halogens is 1. The molecule has 0 aliphatic heterocycles. The summed E-state index contributed by atoms with van der Waals surface area (Å²) in [7, 11) is 0. The smallest absolute Gasteiger partial charge is 0.273 e. The van der Waals surface area contributed by atoms with Crippen LogP contribution in [-0.2, 0) is 13.1 Å². The molecule has 0 saturated carbocycles. The summed E-state index contributed by atoms with van der Waals surface area (Å²) in [5.74, 6) is 0.187. The molecule has 1 amide bonds. The predicted molar refractivity (Wildman–Crippen MR) is 111 cm³/mol. The zero-order valence-electron chi connectivity index (χ0n) is 16.9. The van der Waals surface area contributed by atoms with Gasteiger partial charge >= 0.3 is 0 Å². The van der Waals surface area contributed by atoms with Crippen LogP contribution >= 0.6 is 0 Å². The minimum atomic E-state index is -0.315. The second-order valence-corrected chi connectivity index (χ2v) is 7.00. The van der Waals surface area contributed by atoms with Crippen molar-refractivity contribution in [3.63, 3.8) is 0 Å². The van der Waals surface area contributed by atoms with Gasteiger partial charge in [-0.1, -0.05) is 36.4 Å². The Bertz CT molecular complexity index is 1160. The summed E-state index contributed by atoms with van der Waals surface area (Å²) in [4.78, 5) is 17.2. The average Bonchev–Trinajstić information content (AvgIpc) is 3.38. The normalized spacial score (nSPS) is 12.2. The van der Waals surface area contributed by atoms with Crippen LogP contribution in [0.15, 0.2) is 54.7 Å². The van der Waals surface area contributed by atoms with Crippen LogP contribution in [0.25, 0.3) is 11.0 Å². The molecule has 2 aromatic heterocycles. The molecule has 0 bridgehead atoms. The fourth-order valence-electron chi connectivity index (χ4n) is 3.66. The molecule has 1 atom stereocenters. The van der Waals surface area contributed by atoms with Crippen LogP contribution in [0.5, 0.6) is 0 Å². The fraction of sp³-hybridized carbons (Fsp3) is 0.273. The minimum Gasteiger partial charge on any atom is -0.343 e. The number of aromatic nitrogens is 5. The van der Waals surface area contributed by atoms with E-state index in [1.54, 1.807) is 23.0 Å². The number of nitrogens with zero attached hydrogens (tertiary/aromatic N) is 5. The lowest BCUT2D eigenvalue weighted by Gasteiger charge is -2.15. The molecular weight excluding hydrogens is 383 g/mol. The van der Waals surface area contributed by atoms with Gasteiger partial charge in [-0.15, -0.1) is 5.10 Å². The van der Waals surface area contributed by atoms with Gasteiger partial charge < -0.3 is 9.88 Å². The van der Waals surface area contributed by atoms with E-state index in [0.717, 1.165) is 35.4 Å². The molecule has 0 aliphatic carbocycles. The molecule has 8 heteroatoms. The van der Waals surface area contributed by atoms with Gasteiger partial charge in [-0.3, -0.25) is 4.79 Å². The number of carbonyl (C=O) groups is 1. The summed E-state index contributed by atoms with van der Waals surface area (Å²) in [6, 6.07) is 14.1. The van der Waals surface area contributed by atoms with Gasteiger partial charge in [0.15, 0.2) is 5.69 Å². The Balaban J connectivity index is 1.49. The van der Waals surface area contributed by atoms with Crippen molar-refractivity contribution >= 4 is 16.9 Å². The number of para-hydroxylation sites is 2. The van der Waals surface area contributed by atoms with Gasteiger partial charge in [0.05, 0.1) is 29.8 Å². The third kappa shape index (κ3) is 3.80. The number of aryl methyl sites for hydroxylation is 1. The van der Waals surface area contributed by atoms with E-state index in [9.17, 15) is 9.18 Å². The largest absolute Gasteiger partial charge is 0.343 e. The molecule has 154 valence electrons. The van der Waals surface area contributed by atoms with Crippen LogP contribution < -0.4 is 5.32 Å². The highest BCUT2D eigenvalue weighted by Gasteiger charge is 2.18. The van der Waals surface area contributed by atoms with Crippen LogP contribution in [0.4, 0.5) is 4.39 Å². The third-order valence-corrected chi connectivity index (χ3v) is 5.16. The number of hydrogen-bond donors (Lipinski definition) is 1. The molecule has 2 heterocycles. The maximum atomic E-state index is 13.2. The van der Waals surface area contributed by atoms with Crippen LogP contribution in [0, 0.1) is 5.82 Å². The van der Waals surface area contributed by atoms with Crippen molar-refractivity contribution in [2.24, 2.45) is 0 Å². The zero-order valence-corrected chi connectivity index (χ0v) is 16.9. The lowest BCUT2D eigenvalue weighted by Crippen LogP contribution is -2.25. The minimum absolute atomic E-state index is 0.121. The molecular formula is C22H23FN6O. The van der Waals surface area contributed by atoms with Crippen molar-refractivity contribution in [2.45, 2.75) is 39.4 Å². The molecule has 0 spiro atoms. The van der Waals surface area contributed by atoms with Crippen molar-refractivity contribution in [1.82, 2.24) is 29.9 Å². The van der Waals surface area contributed by atoms with E-state index >= 15 is 0 Å². The highest BCUT2D eigenvalue weighted by Crippen LogP contribution is 2.21. The SMILES string of the molecule is CC[C@@H](c1ccc(F)cc1)n1cc(C(=O)NCc2nc3ccccc3n2CC)nn1. The molecule has 0 radical (unpaired) electrons. The van der Waals surface area contributed by atoms with Crippen molar-refractivity contribution in [2.75, 3.05) is 0 Å². The number of fused-ring (bicyclic) bond motifs is 1. The molecule has 0 aliphatic rings. The van der Waals surface area contributed by atoms with E-state index in [1.807, 2.05) is 38.1 Å². The van der Waals surface area contributed by atoms with E-state index in [1.165, 1.54) is 12.1 Å². The Kier molecular flexibility index (Phi) is 5.56. The van der Waals surface area contributed by atoms with Gasteiger partial charge in [0.25, 0.3) is 5.91 Å². The van der Waals surface area contributed by atoms with Gasteiger partial charge in [-0.2, -0.15) is 0 Å². The van der Waals surface area contributed by atoms with Gasteiger partial charge in [0.2, 0.25) is 0 Å². The first kappa shape index (κ1) is 19.8. The second-order valence-electron chi connectivity index (χ2n) is 7.00. The maximum absolute atomic E-state index is 13.2. The number of amides is 1. The summed E-state index contributed by atoms with van der Waals surface area (Å²) >= 11 is 0. The molecule has 7 nitrogen and oxygen atoms in total. The van der Waals surface area contributed by atoms with Gasteiger partial charge in [0.1, 0.15) is 11.6 Å². The summed E-state index contributed by atoms with van der Waals surface area (Å²) in [6.07, 6.45) is 2.35. The molecule has 4 aromatic rings. The molecule has 0 fully saturated rings. The quantitative estimate of drug-likeness (QED) is 0.507. The number of imidazole rings is 1. The van der Waals surface area contributed by atoms with Crippen molar-refractivity contribution in [3.8, 4) is 0 Å². The standard InChI is InChI=1S/C22H23FN6O/c1-3-19(15-9-11-16(23)12-10-15)29-14-18(26-27-29)22(30)24-13-21-25-17-7-5-6-8-20(17)28(21)4-2/h5-12,14,19H,3-4,13H2,1-2H3,(H,24,30)/t19-/m0/s1. The number of carbonyl (C=O) groups excluding carboxylic acids is 1.